The molecule has 0 saturated carbocycles. The average molecular weight is 283 g/mol. The SMILES string of the molecule is CCC1(CC)CCN(C(CN)(CC(C)C)CC(C)C)C1. The van der Waals surface area contributed by atoms with Crippen LogP contribution in [0.3, 0.4) is 0 Å². The predicted octanol–water partition coefficient (Wildman–Crippen LogP) is 4.29. The first-order chi connectivity index (χ1) is 9.33. The van der Waals surface area contributed by atoms with Crippen LogP contribution in [0.25, 0.3) is 0 Å². The Bertz CT molecular complexity index is 269. The highest BCUT2D eigenvalue weighted by Crippen LogP contribution is 2.42. The van der Waals surface area contributed by atoms with Crippen molar-refractivity contribution in [1.29, 1.82) is 0 Å². The lowest BCUT2D eigenvalue weighted by Gasteiger charge is -2.45. The molecule has 120 valence electrons. The zero-order valence-electron chi connectivity index (χ0n) is 14.8. The van der Waals surface area contributed by atoms with E-state index in [2.05, 4.69) is 46.4 Å². The Kier molecular flexibility index (Phi) is 6.53. The highest BCUT2D eigenvalue weighted by Gasteiger charge is 2.44. The largest absolute Gasteiger partial charge is 0.329 e. The second-order valence-corrected chi connectivity index (χ2v) is 8.00. The van der Waals surface area contributed by atoms with Crippen molar-refractivity contribution in [1.82, 2.24) is 4.90 Å². The van der Waals surface area contributed by atoms with Gasteiger partial charge in [-0.05, 0) is 55.9 Å². The van der Waals surface area contributed by atoms with Crippen LogP contribution < -0.4 is 5.73 Å². The van der Waals surface area contributed by atoms with Crippen LogP contribution in [0.15, 0.2) is 0 Å². The number of nitrogens with zero attached hydrogens (tertiary/aromatic N) is 1. The molecule has 1 fully saturated rings. The molecule has 0 aromatic rings. The van der Waals surface area contributed by atoms with Gasteiger partial charge in [-0.3, -0.25) is 4.90 Å². The van der Waals surface area contributed by atoms with E-state index >= 15 is 0 Å². The van der Waals surface area contributed by atoms with E-state index in [0.29, 0.717) is 5.41 Å². The third kappa shape index (κ3) is 3.98. The maximum atomic E-state index is 6.31. The maximum Gasteiger partial charge on any atom is 0.0336 e. The van der Waals surface area contributed by atoms with Gasteiger partial charge in [0.15, 0.2) is 0 Å². The minimum atomic E-state index is 0.231. The number of hydrogen-bond acceptors (Lipinski definition) is 2. The van der Waals surface area contributed by atoms with Crippen molar-refractivity contribution in [2.45, 2.75) is 79.2 Å². The third-order valence-corrected chi connectivity index (χ3v) is 5.57. The van der Waals surface area contributed by atoms with Gasteiger partial charge in [0.1, 0.15) is 0 Å². The highest BCUT2D eigenvalue weighted by atomic mass is 15.2. The molecule has 0 unspecified atom stereocenters. The molecule has 2 N–H and O–H groups in total. The summed E-state index contributed by atoms with van der Waals surface area (Å²) in [5, 5.41) is 0. The normalized spacial score (nSPS) is 20.2. The van der Waals surface area contributed by atoms with Gasteiger partial charge in [-0.1, -0.05) is 41.5 Å². The van der Waals surface area contributed by atoms with Gasteiger partial charge in [-0.2, -0.15) is 0 Å². The summed E-state index contributed by atoms with van der Waals surface area (Å²) in [7, 11) is 0. The molecule has 2 heteroatoms. The van der Waals surface area contributed by atoms with Gasteiger partial charge in [0, 0.05) is 18.6 Å². The van der Waals surface area contributed by atoms with E-state index in [1.54, 1.807) is 0 Å². The summed E-state index contributed by atoms with van der Waals surface area (Å²) in [4.78, 5) is 2.76. The Morgan fingerprint density at radius 2 is 1.55 bits per heavy atom. The number of likely N-dealkylation sites (tertiary alicyclic amines) is 1. The second kappa shape index (κ2) is 7.26. The van der Waals surface area contributed by atoms with E-state index in [4.69, 9.17) is 5.73 Å². The molecule has 1 saturated heterocycles. The Morgan fingerprint density at radius 1 is 1.05 bits per heavy atom. The summed E-state index contributed by atoms with van der Waals surface area (Å²) in [5.41, 5.74) is 7.09. The molecule has 0 aliphatic carbocycles. The van der Waals surface area contributed by atoms with Crippen LogP contribution >= 0.6 is 0 Å². The summed E-state index contributed by atoms with van der Waals surface area (Å²) in [6.45, 7) is 17.4. The maximum absolute atomic E-state index is 6.31. The summed E-state index contributed by atoms with van der Waals surface area (Å²) >= 11 is 0. The molecule has 0 radical (unpaired) electrons. The van der Waals surface area contributed by atoms with E-state index in [1.165, 1.54) is 45.2 Å². The van der Waals surface area contributed by atoms with Crippen molar-refractivity contribution >= 4 is 0 Å². The van der Waals surface area contributed by atoms with Gasteiger partial charge < -0.3 is 5.73 Å². The van der Waals surface area contributed by atoms with Gasteiger partial charge in [0.2, 0.25) is 0 Å². The molecule has 20 heavy (non-hydrogen) atoms. The number of nitrogens with two attached hydrogens (primary N) is 1. The summed E-state index contributed by atoms with van der Waals surface area (Å²) < 4.78 is 0. The highest BCUT2D eigenvalue weighted by molar-refractivity contribution is 5.00. The molecule has 0 amide bonds. The van der Waals surface area contributed by atoms with Crippen molar-refractivity contribution in [2.75, 3.05) is 19.6 Å². The smallest absolute Gasteiger partial charge is 0.0336 e. The Morgan fingerprint density at radius 3 is 1.85 bits per heavy atom. The molecule has 0 atom stereocenters. The molecule has 0 spiro atoms. The van der Waals surface area contributed by atoms with Crippen LogP contribution in [0, 0.1) is 17.3 Å². The summed E-state index contributed by atoms with van der Waals surface area (Å²) in [5.74, 6) is 1.44. The fourth-order valence-corrected chi connectivity index (χ4v) is 4.32. The second-order valence-electron chi connectivity index (χ2n) is 8.00. The zero-order valence-corrected chi connectivity index (χ0v) is 14.8. The molecule has 0 aromatic carbocycles. The first-order valence-electron chi connectivity index (χ1n) is 8.78. The van der Waals surface area contributed by atoms with Gasteiger partial charge in [0.05, 0.1) is 0 Å². The van der Waals surface area contributed by atoms with E-state index in [0.717, 1.165) is 18.4 Å². The fraction of sp³-hybridized carbons (Fsp3) is 1.00. The predicted molar refractivity (Wildman–Crippen MR) is 89.9 cm³/mol. The van der Waals surface area contributed by atoms with Crippen molar-refractivity contribution < 1.29 is 0 Å². The average Bonchev–Trinajstić information content (AvgIpc) is 2.82. The van der Waals surface area contributed by atoms with Crippen LogP contribution in [0.5, 0.6) is 0 Å². The number of rotatable bonds is 8. The van der Waals surface area contributed by atoms with Crippen LogP contribution in [0.2, 0.25) is 0 Å². The zero-order chi connectivity index (χ0) is 15.4. The number of hydrogen-bond donors (Lipinski definition) is 1. The van der Waals surface area contributed by atoms with Gasteiger partial charge in [-0.25, -0.2) is 0 Å². The van der Waals surface area contributed by atoms with Crippen molar-refractivity contribution in [3.8, 4) is 0 Å². The molecule has 1 aliphatic rings. The van der Waals surface area contributed by atoms with Gasteiger partial charge >= 0.3 is 0 Å². The molecule has 2 nitrogen and oxygen atoms in total. The summed E-state index contributed by atoms with van der Waals surface area (Å²) in [6.07, 6.45) is 6.46. The topological polar surface area (TPSA) is 29.3 Å². The molecular formula is C18H38N2. The fourth-order valence-electron chi connectivity index (χ4n) is 4.32. The first kappa shape index (κ1) is 18.0. The Labute approximate surface area is 127 Å². The van der Waals surface area contributed by atoms with Crippen molar-refractivity contribution in [2.24, 2.45) is 23.0 Å². The third-order valence-electron chi connectivity index (χ3n) is 5.57. The lowest BCUT2D eigenvalue weighted by Crippen LogP contribution is -2.55. The Hall–Kier alpha value is -0.0800. The van der Waals surface area contributed by atoms with Crippen LogP contribution in [-0.2, 0) is 0 Å². The summed E-state index contributed by atoms with van der Waals surface area (Å²) in [6, 6.07) is 0. The van der Waals surface area contributed by atoms with Crippen molar-refractivity contribution in [3.63, 3.8) is 0 Å². The molecule has 1 heterocycles. The first-order valence-corrected chi connectivity index (χ1v) is 8.78. The standard InChI is InChI=1S/C18H38N2/c1-7-17(8-2)9-10-20(14-17)18(13-19,11-15(3)4)12-16(5)6/h15-16H,7-14,19H2,1-6H3. The van der Waals surface area contributed by atoms with E-state index in [9.17, 15) is 0 Å². The molecule has 1 rings (SSSR count). The minimum Gasteiger partial charge on any atom is -0.329 e. The quantitative estimate of drug-likeness (QED) is 0.719. The van der Waals surface area contributed by atoms with Crippen LogP contribution in [0.4, 0.5) is 0 Å². The van der Waals surface area contributed by atoms with Crippen molar-refractivity contribution in [3.05, 3.63) is 0 Å². The molecular weight excluding hydrogens is 244 g/mol. The monoisotopic (exact) mass is 282 g/mol. The van der Waals surface area contributed by atoms with E-state index in [-0.39, 0.29) is 5.54 Å². The van der Waals surface area contributed by atoms with E-state index in [1.807, 2.05) is 0 Å². The minimum absolute atomic E-state index is 0.231. The Balaban J connectivity index is 2.93. The van der Waals surface area contributed by atoms with Crippen LogP contribution in [-0.4, -0.2) is 30.1 Å². The van der Waals surface area contributed by atoms with Gasteiger partial charge in [-0.15, -0.1) is 0 Å². The lowest BCUT2D eigenvalue weighted by molar-refractivity contribution is 0.0621. The van der Waals surface area contributed by atoms with Gasteiger partial charge in [0.25, 0.3) is 0 Å². The molecule has 1 aliphatic heterocycles. The molecule has 0 aromatic heterocycles. The van der Waals surface area contributed by atoms with E-state index < -0.39 is 0 Å². The van der Waals surface area contributed by atoms with Crippen LogP contribution in [0.1, 0.15) is 73.6 Å². The molecule has 0 bridgehead atoms. The lowest BCUT2D eigenvalue weighted by atomic mass is 9.79.